The summed E-state index contributed by atoms with van der Waals surface area (Å²) >= 11 is 0. The Morgan fingerprint density at radius 2 is 2.16 bits per heavy atom. The predicted molar refractivity (Wildman–Crippen MR) is 80.2 cm³/mol. The minimum Gasteiger partial charge on any atom is -0.313 e. The molecule has 106 valence electrons. The second-order valence-corrected chi connectivity index (χ2v) is 6.04. The van der Waals surface area contributed by atoms with Crippen LogP contribution in [0.2, 0.25) is 0 Å². The fraction of sp³-hybridized carbons (Fsp3) is 0.688. The summed E-state index contributed by atoms with van der Waals surface area (Å²) in [7, 11) is 0. The Morgan fingerprint density at radius 3 is 2.89 bits per heavy atom. The molecule has 1 saturated heterocycles. The second-order valence-electron chi connectivity index (χ2n) is 6.04. The molecule has 3 nitrogen and oxygen atoms in total. The van der Waals surface area contributed by atoms with Crippen LogP contribution in [0.3, 0.4) is 0 Å². The summed E-state index contributed by atoms with van der Waals surface area (Å²) < 4.78 is 0. The zero-order valence-corrected chi connectivity index (χ0v) is 12.3. The summed E-state index contributed by atoms with van der Waals surface area (Å²) in [5.74, 6) is 0.776. The van der Waals surface area contributed by atoms with Gasteiger partial charge >= 0.3 is 0 Å². The number of pyridine rings is 1. The van der Waals surface area contributed by atoms with Gasteiger partial charge in [0.15, 0.2) is 0 Å². The highest BCUT2D eigenvalue weighted by molar-refractivity contribution is 5.09. The van der Waals surface area contributed by atoms with Gasteiger partial charge in [-0.25, -0.2) is 0 Å². The fourth-order valence-electron chi connectivity index (χ4n) is 2.84. The molecule has 1 aromatic rings. The normalized spacial score (nSPS) is 21.5. The molecular formula is C16H27N3. The van der Waals surface area contributed by atoms with Crippen molar-refractivity contribution in [2.45, 2.75) is 39.2 Å². The molecule has 2 heterocycles. The van der Waals surface area contributed by atoms with Crippen molar-refractivity contribution in [3.8, 4) is 0 Å². The molecule has 1 unspecified atom stereocenters. The third-order valence-electron chi connectivity index (χ3n) is 3.78. The topological polar surface area (TPSA) is 28.2 Å². The molecule has 0 amide bonds. The van der Waals surface area contributed by atoms with Crippen LogP contribution in [0, 0.1) is 5.92 Å². The minimum absolute atomic E-state index is 0.667. The van der Waals surface area contributed by atoms with Gasteiger partial charge in [0.25, 0.3) is 0 Å². The Kier molecular flexibility index (Phi) is 5.80. The Labute approximate surface area is 117 Å². The smallest absolute Gasteiger partial charge is 0.0270 e. The number of rotatable bonds is 5. The predicted octanol–water partition coefficient (Wildman–Crippen LogP) is 2.33. The van der Waals surface area contributed by atoms with Gasteiger partial charge in [0.1, 0.15) is 0 Å². The minimum atomic E-state index is 0.667. The fourth-order valence-corrected chi connectivity index (χ4v) is 2.84. The van der Waals surface area contributed by atoms with Crippen LogP contribution < -0.4 is 5.32 Å². The first-order valence-corrected chi connectivity index (χ1v) is 7.58. The van der Waals surface area contributed by atoms with Gasteiger partial charge in [-0.2, -0.15) is 0 Å². The summed E-state index contributed by atoms with van der Waals surface area (Å²) in [6, 6.07) is 4.92. The average molecular weight is 261 g/mol. The van der Waals surface area contributed by atoms with Gasteiger partial charge in [0.2, 0.25) is 0 Å². The van der Waals surface area contributed by atoms with E-state index < -0.39 is 0 Å². The molecule has 1 atom stereocenters. The maximum Gasteiger partial charge on any atom is 0.0270 e. The Bertz CT molecular complexity index is 350. The van der Waals surface area contributed by atoms with E-state index in [1.54, 1.807) is 0 Å². The van der Waals surface area contributed by atoms with Crippen LogP contribution >= 0.6 is 0 Å². The molecule has 1 fully saturated rings. The molecule has 0 bridgehead atoms. The Balaban J connectivity index is 1.81. The van der Waals surface area contributed by atoms with E-state index in [0.717, 1.165) is 12.3 Å². The maximum atomic E-state index is 4.08. The number of hydrogen-bond donors (Lipinski definition) is 1. The van der Waals surface area contributed by atoms with E-state index in [1.165, 1.54) is 44.6 Å². The van der Waals surface area contributed by atoms with Crippen molar-refractivity contribution in [3.05, 3.63) is 30.1 Å². The Hall–Kier alpha value is -0.930. The van der Waals surface area contributed by atoms with Crippen molar-refractivity contribution in [3.63, 3.8) is 0 Å². The molecule has 1 N–H and O–H groups in total. The molecular weight excluding hydrogens is 234 g/mol. The van der Waals surface area contributed by atoms with E-state index in [-0.39, 0.29) is 0 Å². The number of nitrogens with one attached hydrogen (secondary N) is 1. The van der Waals surface area contributed by atoms with E-state index in [9.17, 15) is 0 Å². The lowest BCUT2D eigenvalue weighted by Crippen LogP contribution is -2.39. The summed E-state index contributed by atoms with van der Waals surface area (Å²) in [6.45, 7) is 9.39. The van der Waals surface area contributed by atoms with Gasteiger partial charge < -0.3 is 10.2 Å². The number of hydrogen-bond acceptors (Lipinski definition) is 3. The van der Waals surface area contributed by atoms with Crippen molar-refractivity contribution in [1.82, 2.24) is 15.2 Å². The van der Waals surface area contributed by atoms with Crippen molar-refractivity contribution in [2.24, 2.45) is 5.92 Å². The van der Waals surface area contributed by atoms with Crippen molar-refractivity contribution in [2.75, 3.05) is 26.2 Å². The van der Waals surface area contributed by atoms with Gasteiger partial charge in [-0.15, -0.1) is 0 Å². The van der Waals surface area contributed by atoms with Crippen molar-refractivity contribution in [1.29, 1.82) is 0 Å². The van der Waals surface area contributed by atoms with E-state index in [4.69, 9.17) is 0 Å². The molecule has 0 saturated carbocycles. The number of aromatic nitrogens is 1. The third kappa shape index (κ3) is 5.29. The first-order chi connectivity index (χ1) is 9.24. The largest absolute Gasteiger partial charge is 0.313 e. The highest BCUT2D eigenvalue weighted by Gasteiger charge is 2.18. The molecule has 0 radical (unpaired) electrons. The summed E-state index contributed by atoms with van der Waals surface area (Å²) in [5, 5.41) is 3.69. The summed E-state index contributed by atoms with van der Waals surface area (Å²) in [4.78, 5) is 6.69. The van der Waals surface area contributed by atoms with Crippen LogP contribution in [0.4, 0.5) is 0 Å². The van der Waals surface area contributed by atoms with Crippen LogP contribution in [0.5, 0.6) is 0 Å². The van der Waals surface area contributed by atoms with E-state index in [0.29, 0.717) is 6.04 Å². The lowest BCUT2D eigenvalue weighted by Gasteiger charge is -2.25. The monoisotopic (exact) mass is 261 g/mol. The molecule has 1 aliphatic rings. The lowest BCUT2D eigenvalue weighted by atomic mass is 10.0. The molecule has 2 rings (SSSR count). The lowest BCUT2D eigenvalue weighted by molar-refractivity contribution is 0.258. The average Bonchev–Trinajstić information content (AvgIpc) is 2.62. The standard InChI is InChI=1S/C16H27N3/c1-14(2)12-16-13-19(10-3-7-18-16)11-6-15-4-8-17-9-5-15/h4-5,8-9,14,16,18H,3,6-7,10-13H2,1-2H3. The molecule has 0 aromatic carbocycles. The SMILES string of the molecule is CC(C)CC1CN(CCc2ccncc2)CCCN1. The molecule has 0 spiro atoms. The van der Waals surface area contributed by atoms with E-state index in [2.05, 4.69) is 41.2 Å². The van der Waals surface area contributed by atoms with Gasteiger partial charge in [-0.3, -0.25) is 4.98 Å². The van der Waals surface area contributed by atoms with Crippen LogP contribution in [-0.4, -0.2) is 42.1 Å². The summed E-state index contributed by atoms with van der Waals surface area (Å²) in [5.41, 5.74) is 1.40. The van der Waals surface area contributed by atoms with Gasteiger partial charge in [-0.1, -0.05) is 13.8 Å². The zero-order valence-electron chi connectivity index (χ0n) is 12.3. The molecule has 1 aliphatic heterocycles. The Morgan fingerprint density at radius 1 is 1.37 bits per heavy atom. The highest BCUT2D eigenvalue weighted by atomic mass is 15.2. The number of nitrogens with zero attached hydrogens (tertiary/aromatic N) is 2. The maximum absolute atomic E-state index is 4.08. The highest BCUT2D eigenvalue weighted by Crippen LogP contribution is 2.10. The molecule has 19 heavy (non-hydrogen) atoms. The van der Waals surface area contributed by atoms with Crippen LogP contribution in [-0.2, 0) is 6.42 Å². The van der Waals surface area contributed by atoms with Crippen LogP contribution in [0.25, 0.3) is 0 Å². The van der Waals surface area contributed by atoms with E-state index in [1.807, 2.05) is 12.4 Å². The van der Waals surface area contributed by atoms with Crippen LogP contribution in [0.1, 0.15) is 32.3 Å². The first kappa shape index (κ1) is 14.5. The quantitative estimate of drug-likeness (QED) is 0.882. The third-order valence-corrected chi connectivity index (χ3v) is 3.78. The zero-order chi connectivity index (χ0) is 13.5. The van der Waals surface area contributed by atoms with Crippen molar-refractivity contribution >= 4 is 0 Å². The van der Waals surface area contributed by atoms with Crippen molar-refractivity contribution < 1.29 is 0 Å². The molecule has 0 aliphatic carbocycles. The van der Waals surface area contributed by atoms with Gasteiger partial charge in [0, 0.05) is 31.5 Å². The first-order valence-electron chi connectivity index (χ1n) is 7.58. The molecule has 1 aromatic heterocycles. The molecule has 3 heteroatoms. The van der Waals surface area contributed by atoms with Gasteiger partial charge in [-0.05, 0) is 56.0 Å². The summed E-state index contributed by atoms with van der Waals surface area (Å²) in [6.07, 6.45) is 7.47. The second kappa shape index (κ2) is 7.61. The van der Waals surface area contributed by atoms with Crippen LogP contribution in [0.15, 0.2) is 24.5 Å². The van der Waals surface area contributed by atoms with Gasteiger partial charge in [0.05, 0.1) is 0 Å². The van der Waals surface area contributed by atoms with E-state index >= 15 is 0 Å².